The van der Waals surface area contributed by atoms with E-state index in [1.807, 2.05) is 11.3 Å². The molecule has 1 saturated heterocycles. The molecule has 3 heteroatoms. The summed E-state index contributed by atoms with van der Waals surface area (Å²) in [6.45, 7) is 2.28. The molecule has 0 radical (unpaired) electrons. The molecule has 0 amide bonds. The Bertz CT molecular complexity index is 245. The Morgan fingerprint density at radius 2 is 2.46 bits per heavy atom. The maximum absolute atomic E-state index is 3.67. The zero-order valence-corrected chi connectivity index (χ0v) is 9.46. The summed E-state index contributed by atoms with van der Waals surface area (Å²) in [4.78, 5) is 1.49. The molecule has 2 atom stereocenters. The van der Waals surface area contributed by atoms with E-state index in [9.17, 15) is 0 Å². The van der Waals surface area contributed by atoms with Gasteiger partial charge in [-0.1, -0.05) is 6.07 Å². The molecular weight excluding hydrogens is 198 g/mol. The highest BCUT2D eigenvalue weighted by molar-refractivity contribution is 7.99. The van der Waals surface area contributed by atoms with Gasteiger partial charge < -0.3 is 5.32 Å². The van der Waals surface area contributed by atoms with Gasteiger partial charge in [0.2, 0.25) is 0 Å². The van der Waals surface area contributed by atoms with Crippen LogP contribution in [0.15, 0.2) is 17.5 Å². The molecule has 13 heavy (non-hydrogen) atoms. The average molecular weight is 213 g/mol. The van der Waals surface area contributed by atoms with E-state index < -0.39 is 0 Å². The molecule has 1 fully saturated rings. The van der Waals surface area contributed by atoms with E-state index in [0.29, 0.717) is 12.1 Å². The zero-order valence-electron chi connectivity index (χ0n) is 7.82. The molecule has 1 aliphatic heterocycles. The third-order valence-corrected chi connectivity index (χ3v) is 4.43. The van der Waals surface area contributed by atoms with Gasteiger partial charge in [0, 0.05) is 16.7 Å². The van der Waals surface area contributed by atoms with Crippen molar-refractivity contribution < 1.29 is 0 Å². The summed E-state index contributed by atoms with van der Waals surface area (Å²) in [7, 11) is 0. The maximum atomic E-state index is 3.67. The van der Waals surface area contributed by atoms with Crippen LogP contribution in [-0.2, 0) is 0 Å². The summed E-state index contributed by atoms with van der Waals surface area (Å²) < 4.78 is 0. The number of nitrogens with one attached hydrogen (secondary N) is 1. The van der Waals surface area contributed by atoms with Crippen LogP contribution < -0.4 is 5.32 Å². The van der Waals surface area contributed by atoms with Crippen LogP contribution in [-0.4, -0.2) is 17.5 Å². The summed E-state index contributed by atoms with van der Waals surface area (Å²) >= 11 is 3.93. The van der Waals surface area contributed by atoms with E-state index in [1.54, 1.807) is 0 Å². The molecule has 1 aliphatic rings. The second-order valence-corrected chi connectivity index (χ2v) is 5.63. The standard InChI is InChI=1S/C10H15NS2/c1-8-4-6-12-7-9(11-8)10-3-2-5-13-10/h2-3,5,8-9,11H,4,6-7H2,1H3. The minimum atomic E-state index is 0.586. The van der Waals surface area contributed by atoms with Gasteiger partial charge in [0.25, 0.3) is 0 Å². The first-order valence-electron chi connectivity index (χ1n) is 4.73. The molecule has 2 unspecified atom stereocenters. The molecule has 72 valence electrons. The lowest BCUT2D eigenvalue weighted by Crippen LogP contribution is -2.29. The average Bonchev–Trinajstić information content (AvgIpc) is 2.56. The molecule has 0 spiro atoms. The Hall–Kier alpha value is 0.01000. The molecule has 1 N–H and O–H groups in total. The van der Waals surface area contributed by atoms with E-state index in [2.05, 4.69) is 41.5 Å². The van der Waals surface area contributed by atoms with Crippen LogP contribution in [0.25, 0.3) is 0 Å². The van der Waals surface area contributed by atoms with E-state index in [1.165, 1.54) is 22.8 Å². The number of thioether (sulfide) groups is 1. The van der Waals surface area contributed by atoms with Crippen molar-refractivity contribution in [2.45, 2.75) is 25.4 Å². The number of hydrogen-bond donors (Lipinski definition) is 1. The highest BCUT2D eigenvalue weighted by atomic mass is 32.2. The van der Waals surface area contributed by atoms with Crippen LogP contribution in [0, 0.1) is 0 Å². The summed E-state index contributed by atoms with van der Waals surface area (Å²) in [5.41, 5.74) is 0. The smallest absolute Gasteiger partial charge is 0.0508 e. The third-order valence-electron chi connectivity index (χ3n) is 2.35. The van der Waals surface area contributed by atoms with Gasteiger partial charge in [-0.15, -0.1) is 11.3 Å². The largest absolute Gasteiger partial charge is 0.306 e. The summed E-state index contributed by atoms with van der Waals surface area (Å²) in [5, 5.41) is 5.83. The van der Waals surface area contributed by atoms with Gasteiger partial charge in [-0.3, -0.25) is 0 Å². The van der Waals surface area contributed by atoms with Crippen LogP contribution in [0.4, 0.5) is 0 Å². The van der Waals surface area contributed by atoms with E-state index >= 15 is 0 Å². The van der Waals surface area contributed by atoms with Crippen molar-refractivity contribution in [2.24, 2.45) is 0 Å². The molecule has 2 heterocycles. The van der Waals surface area contributed by atoms with Crippen LogP contribution in [0.3, 0.4) is 0 Å². The molecule has 2 rings (SSSR count). The van der Waals surface area contributed by atoms with Gasteiger partial charge in [0.05, 0.1) is 6.04 Å². The fourth-order valence-electron chi connectivity index (χ4n) is 1.59. The van der Waals surface area contributed by atoms with Crippen LogP contribution >= 0.6 is 23.1 Å². The van der Waals surface area contributed by atoms with Crippen molar-refractivity contribution in [1.82, 2.24) is 5.32 Å². The summed E-state index contributed by atoms with van der Waals surface area (Å²) in [5.74, 6) is 2.53. The Balaban J connectivity index is 2.05. The molecule has 0 aliphatic carbocycles. The first-order valence-corrected chi connectivity index (χ1v) is 6.77. The minimum absolute atomic E-state index is 0.586. The van der Waals surface area contributed by atoms with Gasteiger partial charge in [-0.2, -0.15) is 11.8 Å². The minimum Gasteiger partial charge on any atom is -0.306 e. The normalized spacial score (nSPS) is 29.9. The first-order chi connectivity index (χ1) is 6.36. The lowest BCUT2D eigenvalue weighted by Gasteiger charge is -2.17. The molecule has 1 nitrogen and oxygen atoms in total. The second kappa shape index (κ2) is 4.49. The van der Waals surface area contributed by atoms with Crippen molar-refractivity contribution in [2.75, 3.05) is 11.5 Å². The lowest BCUT2D eigenvalue weighted by molar-refractivity contribution is 0.489. The van der Waals surface area contributed by atoms with Crippen LogP contribution in [0.1, 0.15) is 24.3 Å². The SMILES string of the molecule is CC1CCSCC(c2cccs2)N1. The van der Waals surface area contributed by atoms with E-state index in [4.69, 9.17) is 0 Å². The van der Waals surface area contributed by atoms with Gasteiger partial charge in [-0.25, -0.2) is 0 Å². The first kappa shape index (κ1) is 9.56. The number of hydrogen-bond acceptors (Lipinski definition) is 3. The van der Waals surface area contributed by atoms with E-state index in [0.717, 1.165) is 0 Å². The predicted molar refractivity (Wildman–Crippen MR) is 61.6 cm³/mol. The van der Waals surface area contributed by atoms with Crippen molar-refractivity contribution in [1.29, 1.82) is 0 Å². The highest BCUT2D eigenvalue weighted by Crippen LogP contribution is 2.26. The van der Waals surface area contributed by atoms with Crippen molar-refractivity contribution in [3.05, 3.63) is 22.4 Å². The van der Waals surface area contributed by atoms with Crippen LogP contribution in [0.2, 0.25) is 0 Å². The predicted octanol–water partition coefficient (Wildman–Crippen LogP) is 2.90. The molecule has 0 bridgehead atoms. The van der Waals surface area contributed by atoms with Gasteiger partial charge >= 0.3 is 0 Å². The van der Waals surface area contributed by atoms with E-state index in [-0.39, 0.29) is 0 Å². The van der Waals surface area contributed by atoms with Gasteiger partial charge in [-0.05, 0) is 30.5 Å². The Morgan fingerprint density at radius 3 is 3.23 bits per heavy atom. The van der Waals surface area contributed by atoms with Crippen LogP contribution in [0.5, 0.6) is 0 Å². The quantitative estimate of drug-likeness (QED) is 0.770. The van der Waals surface area contributed by atoms with Gasteiger partial charge in [0.15, 0.2) is 0 Å². The summed E-state index contributed by atoms with van der Waals surface area (Å²) in [6, 6.07) is 5.63. The third kappa shape index (κ3) is 2.48. The zero-order chi connectivity index (χ0) is 9.10. The van der Waals surface area contributed by atoms with Crippen molar-refractivity contribution in [3.63, 3.8) is 0 Å². The molecule has 0 saturated carbocycles. The topological polar surface area (TPSA) is 12.0 Å². The molecule has 0 aromatic carbocycles. The van der Waals surface area contributed by atoms with Crippen molar-refractivity contribution in [3.8, 4) is 0 Å². The fraction of sp³-hybridized carbons (Fsp3) is 0.600. The Kier molecular flexibility index (Phi) is 3.30. The molecular formula is C10H15NS2. The second-order valence-electron chi connectivity index (χ2n) is 3.50. The molecule has 1 aromatic rings. The summed E-state index contributed by atoms with van der Waals surface area (Å²) in [6.07, 6.45) is 1.30. The Morgan fingerprint density at radius 1 is 1.54 bits per heavy atom. The lowest BCUT2D eigenvalue weighted by atomic mass is 10.2. The van der Waals surface area contributed by atoms with Gasteiger partial charge in [0.1, 0.15) is 0 Å². The fourth-order valence-corrected chi connectivity index (χ4v) is 3.68. The maximum Gasteiger partial charge on any atom is 0.0508 e. The monoisotopic (exact) mass is 213 g/mol. The highest BCUT2D eigenvalue weighted by Gasteiger charge is 2.18. The number of thiophene rings is 1. The number of rotatable bonds is 1. The Labute approximate surface area is 87.9 Å². The molecule has 1 aromatic heterocycles. The van der Waals surface area contributed by atoms with Crippen molar-refractivity contribution >= 4 is 23.1 Å².